The average Bonchev–Trinajstić information content (AvgIpc) is 2.55. The highest BCUT2D eigenvalue weighted by atomic mass is 32.2. The largest absolute Gasteiger partial charge is 0.494 e. The Morgan fingerprint density at radius 2 is 1.61 bits per heavy atom. The summed E-state index contributed by atoms with van der Waals surface area (Å²) in [5.74, 6) is 0.947. The number of rotatable bonds is 4. The van der Waals surface area contributed by atoms with E-state index >= 15 is 0 Å². The molecule has 1 unspecified atom stereocenters. The second kappa shape index (κ2) is 12.9. The van der Waals surface area contributed by atoms with Crippen molar-refractivity contribution in [3.05, 3.63) is 54.1 Å². The van der Waals surface area contributed by atoms with Crippen molar-refractivity contribution in [2.24, 2.45) is 0 Å². The van der Waals surface area contributed by atoms with Gasteiger partial charge >= 0.3 is 0 Å². The van der Waals surface area contributed by atoms with E-state index in [1.54, 1.807) is 0 Å². The SMILES string of the molecule is CC.CCCOc1ccc(-c2cccc(C)c2)cc1.CS(=O)O. The van der Waals surface area contributed by atoms with Crippen LogP contribution in [0.4, 0.5) is 0 Å². The molecule has 128 valence electrons. The van der Waals surface area contributed by atoms with Crippen LogP contribution in [-0.2, 0) is 11.1 Å². The number of aryl methyl sites for hydroxylation is 1. The Hall–Kier alpha value is -1.65. The summed E-state index contributed by atoms with van der Waals surface area (Å²) >= 11 is -1.61. The van der Waals surface area contributed by atoms with E-state index in [1.807, 2.05) is 26.0 Å². The van der Waals surface area contributed by atoms with Gasteiger partial charge in [-0.3, -0.25) is 0 Å². The third kappa shape index (κ3) is 9.87. The van der Waals surface area contributed by atoms with E-state index in [0.717, 1.165) is 18.8 Å². The van der Waals surface area contributed by atoms with Gasteiger partial charge in [0.2, 0.25) is 0 Å². The third-order valence-electron chi connectivity index (χ3n) is 2.68. The van der Waals surface area contributed by atoms with Crippen molar-refractivity contribution in [1.82, 2.24) is 0 Å². The monoisotopic (exact) mass is 336 g/mol. The molecule has 0 aliphatic carbocycles. The van der Waals surface area contributed by atoms with Crippen LogP contribution in [0.5, 0.6) is 5.75 Å². The topological polar surface area (TPSA) is 46.5 Å². The van der Waals surface area contributed by atoms with Crippen LogP contribution in [0.25, 0.3) is 11.1 Å². The molecular weight excluding hydrogens is 308 g/mol. The van der Waals surface area contributed by atoms with Gasteiger partial charge in [-0.2, -0.15) is 0 Å². The summed E-state index contributed by atoms with van der Waals surface area (Å²) in [6.07, 6.45) is 2.24. The van der Waals surface area contributed by atoms with E-state index in [-0.39, 0.29) is 0 Å². The van der Waals surface area contributed by atoms with Gasteiger partial charge < -0.3 is 9.29 Å². The van der Waals surface area contributed by atoms with E-state index < -0.39 is 11.1 Å². The maximum absolute atomic E-state index is 9.11. The van der Waals surface area contributed by atoms with Crippen LogP contribution in [0.3, 0.4) is 0 Å². The Morgan fingerprint density at radius 3 is 2.09 bits per heavy atom. The summed E-state index contributed by atoms with van der Waals surface area (Å²) in [6, 6.07) is 16.8. The summed E-state index contributed by atoms with van der Waals surface area (Å²) < 4.78 is 22.2. The fraction of sp³-hybridized carbons (Fsp3) is 0.368. The predicted molar refractivity (Wildman–Crippen MR) is 100 cm³/mol. The van der Waals surface area contributed by atoms with Gasteiger partial charge in [-0.25, -0.2) is 4.21 Å². The molecule has 0 fully saturated rings. The van der Waals surface area contributed by atoms with Crippen LogP contribution in [0, 0.1) is 6.92 Å². The Labute approximate surface area is 143 Å². The maximum atomic E-state index is 9.11. The third-order valence-corrected chi connectivity index (χ3v) is 2.68. The van der Waals surface area contributed by atoms with Gasteiger partial charge in [0.1, 0.15) is 16.8 Å². The summed E-state index contributed by atoms with van der Waals surface area (Å²) in [5.41, 5.74) is 3.78. The lowest BCUT2D eigenvalue weighted by Crippen LogP contribution is -1.94. The molecule has 1 atom stereocenters. The lowest BCUT2D eigenvalue weighted by Gasteiger charge is -2.06. The average molecular weight is 336 g/mol. The summed E-state index contributed by atoms with van der Waals surface area (Å²) in [6.45, 7) is 9.01. The van der Waals surface area contributed by atoms with Gasteiger partial charge in [0.05, 0.1) is 6.61 Å². The second-order valence-electron chi connectivity index (χ2n) is 4.67. The molecule has 2 aromatic carbocycles. The zero-order chi connectivity index (χ0) is 17.7. The van der Waals surface area contributed by atoms with Gasteiger partial charge in [0.15, 0.2) is 0 Å². The molecular formula is C19H28O3S. The maximum Gasteiger partial charge on any atom is 0.149 e. The Bertz CT molecular complexity index is 561. The molecule has 4 heteroatoms. The highest BCUT2D eigenvalue weighted by Crippen LogP contribution is 2.23. The smallest absolute Gasteiger partial charge is 0.149 e. The second-order valence-corrected chi connectivity index (χ2v) is 5.51. The molecule has 0 radical (unpaired) electrons. The summed E-state index contributed by atoms with van der Waals surface area (Å²) in [7, 11) is 0. The van der Waals surface area contributed by atoms with E-state index in [0.29, 0.717) is 0 Å². The van der Waals surface area contributed by atoms with Crippen LogP contribution in [-0.4, -0.2) is 21.6 Å². The normalized spacial score (nSPS) is 10.5. The molecule has 0 amide bonds. The highest BCUT2D eigenvalue weighted by molar-refractivity contribution is 7.78. The molecule has 2 rings (SSSR count). The molecule has 0 bridgehead atoms. The van der Waals surface area contributed by atoms with E-state index in [1.165, 1.54) is 22.9 Å². The lowest BCUT2D eigenvalue weighted by atomic mass is 10.0. The lowest BCUT2D eigenvalue weighted by molar-refractivity contribution is 0.317. The molecule has 0 spiro atoms. The first-order chi connectivity index (χ1) is 11.0. The molecule has 0 aliphatic heterocycles. The highest BCUT2D eigenvalue weighted by Gasteiger charge is 1.98. The Kier molecular flexibility index (Phi) is 11.9. The van der Waals surface area contributed by atoms with Crippen molar-refractivity contribution in [2.45, 2.75) is 34.1 Å². The van der Waals surface area contributed by atoms with Crippen molar-refractivity contribution in [1.29, 1.82) is 0 Å². The Morgan fingerprint density at radius 1 is 1.04 bits per heavy atom. The Balaban J connectivity index is 0.000000705. The van der Waals surface area contributed by atoms with Gasteiger partial charge in [-0.05, 0) is 36.6 Å². The minimum atomic E-state index is -1.61. The first-order valence-electron chi connectivity index (χ1n) is 7.85. The fourth-order valence-corrected chi connectivity index (χ4v) is 1.79. The van der Waals surface area contributed by atoms with Gasteiger partial charge in [0.25, 0.3) is 0 Å². The quantitative estimate of drug-likeness (QED) is 0.769. The van der Waals surface area contributed by atoms with E-state index in [4.69, 9.17) is 13.5 Å². The van der Waals surface area contributed by atoms with Crippen LogP contribution in [0.1, 0.15) is 32.8 Å². The molecule has 23 heavy (non-hydrogen) atoms. The number of ether oxygens (including phenoxy) is 1. The predicted octanol–water partition coefficient (Wildman–Crippen LogP) is 5.31. The van der Waals surface area contributed by atoms with Crippen molar-refractivity contribution < 1.29 is 13.5 Å². The van der Waals surface area contributed by atoms with E-state index in [9.17, 15) is 0 Å². The standard InChI is InChI=1S/C16H18O.C2H6.CH4O2S/c1-3-11-17-16-9-7-14(8-10-16)15-6-4-5-13(2)12-15;1-2;1-4(2)3/h4-10,12H,3,11H2,1-2H3;1-2H3;1H3,(H,2,3). The van der Waals surface area contributed by atoms with Gasteiger partial charge in [0, 0.05) is 6.26 Å². The molecule has 0 saturated heterocycles. The minimum Gasteiger partial charge on any atom is -0.494 e. The number of hydrogen-bond acceptors (Lipinski definition) is 2. The zero-order valence-corrected chi connectivity index (χ0v) is 15.5. The molecule has 0 saturated carbocycles. The molecule has 2 aromatic rings. The van der Waals surface area contributed by atoms with Crippen molar-refractivity contribution in [2.75, 3.05) is 12.9 Å². The molecule has 3 nitrogen and oxygen atoms in total. The van der Waals surface area contributed by atoms with E-state index in [2.05, 4.69) is 50.2 Å². The fourth-order valence-electron chi connectivity index (χ4n) is 1.79. The molecule has 0 aliphatic rings. The van der Waals surface area contributed by atoms with Crippen LogP contribution >= 0.6 is 0 Å². The van der Waals surface area contributed by atoms with Crippen LogP contribution < -0.4 is 4.74 Å². The van der Waals surface area contributed by atoms with Crippen molar-refractivity contribution in [3.63, 3.8) is 0 Å². The molecule has 1 N–H and O–H groups in total. The molecule has 0 aromatic heterocycles. The first kappa shape index (κ1) is 21.4. The minimum absolute atomic E-state index is 0.782. The van der Waals surface area contributed by atoms with Gasteiger partial charge in [-0.1, -0.05) is 62.7 Å². The van der Waals surface area contributed by atoms with Crippen molar-refractivity contribution >= 4 is 11.1 Å². The number of hydrogen-bond donors (Lipinski definition) is 1. The summed E-state index contributed by atoms with van der Waals surface area (Å²) in [4.78, 5) is 0. The first-order valence-corrected chi connectivity index (χ1v) is 9.37. The van der Waals surface area contributed by atoms with Crippen LogP contribution in [0.15, 0.2) is 48.5 Å². The number of benzene rings is 2. The zero-order valence-electron chi connectivity index (χ0n) is 14.7. The van der Waals surface area contributed by atoms with Crippen molar-refractivity contribution in [3.8, 4) is 16.9 Å². The molecule has 0 heterocycles. The van der Waals surface area contributed by atoms with Crippen LogP contribution in [0.2, 0.25) is 0 Å². The summed E-state index contributed by atoms with van der Waals surface area (Å²) in [5, 5.41) is 0. The van der Waals surface area contributed by atoms with Gasteiger partial charge in [-0.15, -0.1) is 0 Å².